The Hall–Kier alpha value is 0.790. The van der Waals surface area contributed by atoms with Crippen molar-refractivity contribution >= 4 is 10.4 Å². The Balaban J connectivity index is -0.0000000821. The number of rotatable bonds is 9. The second-order valence-electron chi connectivity index (χ2n) is 4.13. The molecule has 122 valence electrons. The first-order chi connectivity index (χ1) is 7.91. The zero-order valence-corrected chi connectivity index (χ0v) is 15.9. The molecule has 0 spiro atoms. The summed E-state index contributed by atoms with van der Waals surface area (Å²) in [5.74, 6) is 0. The van der Waals surface area contributed by atoms with Crippen LogP contribution in [0.3, 0.4) is 0 Å². The molecule has 7 N–H and O–H groups in total. The molecule has 0 aromatic carbocycles. The normalized spacial score (nSPS) is 9.20. The second-order valence-corrected chi connectivity index (χ2v) is 5.03. The summed E-state index contributed by atoms with van der Waals surface area (Å²) in [5, 5.41) is 0. The van der Waals surface area contributed by atoms with Gasteiger partial charge in [0.2, 0.25) is 0 Å². The van der Waals surface area contributed by atoms with Crippen LogP contribution < -0.4 is 35.7 Å². The van der Waals surface area contributed by atoms with Crippen LogP contribution in [-0.2, 0) is 10.4 Å². The molecule has 0 aliphatic carbocycles. The maximum atomic E-state index is 8.74. The molecule has 0 aromatic rings. The van der Waals surface area contributed by atoms with Gasteiger partial charge in [-0.3, -0.25) is 9.11 Å². The van der Waals surface area contributed by atoms with Gasteiger partial charge in [-0.1, -0.05) is 64.7 Å². The minimum atomic E-state index is -4.67. The van der Waals surface area contributed by atoms with E-state index in [0.717, 1.165) is 6.42 Å². The Morgan fingerprint density at radius 1 is 0.850 bits per heavy atom. The van der Waals surface area contributed by atoms with E-state index in [-0.39, 0.29) is 41.2 Å². The van der Waals surface area contributed by atoms with Crippen LogP contribution in [0.1, 0.15) is 71.1 Å². The van der Waals surface area contributed by atoms with E-state index < -0.39 is 10.4 Å². The van der Waals surface area contributed by atoms with Crippen molar-refractivity contribution in [2.45, 2.75) is 71.1 Å². The number of hydrogen-bond donors (Lipinski definition) is 3. The molecule has 0 rings (SSSR count). The maximum absolute atomic E-state index is 8.74. The van der Waals surface area contributed by atoms with Gasteiger partial charge in [-0.05, 0) is 0 Å². The van der Waals surface area contributed by atoms with Crippen molar-refractivity contribution in [1.29, 1.82) is 0 Å². The molecular weight excluding hydrogens is 293 g/mol. The summed E-state index contributed by atoms with van der Waals surface area (Å²) >= 11 is 0. The van der Waals surface area contributed by atoms with E-state index in [4.69, 9.17) is 17.5 Å². The van der Waals surface area contributed by atoms with Crippen molar-refractivity contribution in [3.8, 4) is 0 Å². The van der Waals surface area contributed by atoms with Crippen LogP contribution in [0.25, 0.3) is 0 Å². The molecule has 0 amide bonds. The van der Waals surface area contributed by atoms with Crippen LogP contribution in [0.2, 0.25) is 0 Å². The topological polar surface area (TPSA) is 141 Å². The predicted molar refractivity (Wildman–Crippen MR) is 80.0 cm³/mol. The molecule has 0 bridgehead atoms. The minimum absolute atomic E-state index is 0. The van der Waals surface area contributed by atoms with Crippen molar-refractivity contribution in [1.82, 2.24) is 6.15 Å². The molecule has 8 heteroatoms. The molecule has 0 saturated heterocycles. The van der Waals surface area contributed by atoms with Gasteiger partial charge in [-0.25, -0.2) is 0 Å². The molecule has 0 atom stereocenters. The van der Waals surface area contributed by atoms with Crippen LogP contribution in [0.15, 0.2) is 0 Å². The van der Waals surface area contributed by atoms with Gasteiger partial charge in [0.25, 0.3) is 0 Å². The van der Waals surface area contributed by atoms with Gasteiger partial charge in [0.1, 0.15) is 0 Å². The van der Waals surface area contributed by atoms with Crippen molar-refractivity contribution < 1.29 is 52.6 Å². The first-order valence-corrected chi connectivity index (χ1v) is 7.80. The van der Waals surface area contributed by atoms with E-state index in [1.807, 2.05) is 0 Å². The largest absolute Gasteiger partial charge is 1.00 e. The third-order valence-electron chi connectivity index (χ3n) is 2.35. The molecule has 0 saturated carbocycles. The zero-order chi connectivity index (χ0) is 13.6. The summed E-state index contributed by atoms with van der Waals surface area (Å²) in [6.45, 7) is 6.12. The minimum Gasteiger partial charge on any atom is -0.412 e. The van der Waals surface area contributed by atoms with Gasteiger partial charge in [0.15, 0.2) is 0 Å². The quantitative estimate of drug-likeness (QED) is 0.244. The fourth-order valence-corrected chi connectivity index (χ4v) is 1.49. The van der Waals surface area contributed by atoms with E-state index in [0.29, 0.717) is 0 Å². The van der Waals surface area contributed by atoms with Crippen molar-refractivity contribution in [2.24, 2.45) is 0 Å². The molecular formula is C12H32NNaO5S. The van der Waals surface area contributed by atoms with Crippen LogP contribution in [0.5, 0.6) is 0 Å². The van der Waals surface area contributed by atoms with Gasteiger partial charge in [0, 0.05) is 0 Å². The van der Waals surface area contributed by atoms with Crippen molar-refractivity contribution in [2.75, 3.05) is 0 Å². The van der Waals surface area contributed by atoms with Crippen molar-refractivity contribution in [3.63, 3.8) is 0 Å². The zero-order valence-electron chi connectivity index (χ0n) is 13.1. The maximum Gasteiger partial charge on any atom is 1.00 e. The van der Waals surface area contributed by atoms with Gasteiger partial charge in [-0.15, -0.1) is 0 Å². The Bertz CT molecular complexity index is 220. The summed E-state index contributed by atoms with van der Waals surface area (Å²) in [6, 6.07) is 0. The van der Waals surface area contributed by atoms with Crippen molar-refractivity contribution in [3.05, 3.63) is 6.92 Å². The fraction of sp³-hybridized carbons (Fsp3) is 0.917. The van der Waals surface area contributed by atoms with E-state index in [9.17, 15) is 0 Å². The summed E-state index contributed by atoms with van der Waals surface area (Å²) in [6.07, 6.45) is 13.9. The smallest absolute Gasteiger partial charge is 0.412 e. The van der Waals surface area contributed by atoms with E-state index in [2.05, 4.69) is 13.8 Å². The summed E-state index contributed by atoms with van der Waals surface area (Å²) in [4.78, 5) is 0. The third-order valence-corrected chi connectivity index (χ3v) is 2.35. The molecule has 0 unspecified atom stereocenters. The third kappa shape index (κ3) is 62.0. The number of hydrogen-bond acceptors (Lipinski definition) is 3. The molecule has 0 radical (unpaired) electrons. The Morgan fingerprint density at radius 3 is 1.35 bits per heavy atom. The second kappa shape index (κ2) is 24.8. The average molecular weight is 325 g/mol. The van der Waals surface area contributed by atoms with E-state index >= 15 is 0 Å². The molecule has 0 aliphatic heterocycles. The number of unbranched alkanes of at least 4 members (excludes halogenated alkanes) is 9. The summed E-state index contributed by atoms with van der Waals surface area (Å²) in [5.41, 5.74) is 0. The standard InChI is InChI=1S/C12H25.H3N.Na.H2O4S.H2O/c1-3-5-7-9-11-12-10-8-6-4-2;;;1-5(2,3)4;/h1,3-12H2,2H3;1H3;;(H2,1,2,3,4);1H2/q-1;;+1;;. The van der Waals surface area contributed by atoms with Gasteiger partial charge < -0.3 is 18.6 Å². The Morgan fingerprint density at radius 2 is 1.10 bits per heavy atom. The van der Waals surface area contributed by atoms with Crippen LogP contribution >= 0.6 is 0 Å². The van der Waals surface area contributed by atoms with Gasteiger partial charge in [0.05, 0.1) is 0 Å². The van der Waals surface area contributed by atoms with E-state index in [1.54, 1.807) is 0 Å². The first kappa shape index (κ1) is 32.7. The monoisotopic (exact) mass is 325 g/mol. The molecule has 0 aliphatic rings. The summed E-state index contributed by atoms with van der Waals surface area (Å²) < 4.78 is 31.6. The SMILES string of the molecule is N.O.O=S(=O)(O)O.[CH2-]CCCCCCCCCCC.[Na+]. The van der Waals surface area contributed by atoms with Gasteiger partial charge in [-0.2, -0.15) is 14.8 Å². The van der Waals surface area contributed by atoms with Gasteiger partial charge >= 0.3 is 40.0 Å². The molecule has 20 heavy (non-hydrogen) atoms. The average Bonchev–Trinajstić information content (AvgIpc) is 2.20. The van der Waals surface area contributed by atoms with Crippen LogP contribution in [0.4, 0.5) is 0 Å². The molecule has 0 fully saturated rings. The van der Waals surface area contributed by atoms with E-state index in [1.165, 1.54) is 57.8 Å². The first-order valence-electron chi connectivity index (χ1n) is 6.41. The summed E-state index contributed by atoms with van der Waals surface area (Å²) in [7, 11) is -4.67. The molecule has 0 aromatic heterocycles. The predicted octanol–water partition coefficient (Wildman–Crippen LogP) is 0.430. The molecule has 0 heterocycles. The van der Waals surface area contributed by atoms with Crippen LogP contribution in [0, 0.1) is 6.92 Å². The Labute approximate surface area is 146 Å². The molecule has 6 nitrogen and oxygen atoms in total. The fourth-order valence-electron chi connectivity index (χ4n) is 1.49. The van der Waals surface area contributed by atoms with Crippen LogP contribution in [-0.4, -0.2) is 23.0 Å². The Kier molecular flexibility index (Phi) is 40.5.